The molecule has 134 valence electrons. The fourth-order valence-corrected chi connectivity index (χ4v) is 3.24. The van der Waals surface area contributed by atoms with Crippen molar-refractivity contribution >= 4 is 16.9 Å². The molecule has 2 aromatic heterocycles. The largest absolute Gasteiger partial charge is 0.336 e. The maximum absolute atomic E-state index is 13.3. The van der Waals surface area contributed by atoms with Crippen molar-refractivity contribution in [1.29, 1.82) is 0 Å². The van der Waals surface area contributed by atoms with Gasteiger partial charge in [-0.2, -0.15) is 5.10 Å². The molecule has 0 radical (unpaired) electrons. The Labute approximate surface area is 150 Å². The molecular formula is C19H20FN5O. The minimum Gasteiger partial charge on any atom is -0.336 e. The summed E-state index contributed by atoms with van der Waals surface area (Å²) in [5.41, 5.74) is 2.64. The number of hydrogen-bond acceptors (Lipinski definition) is 4. The first-order valence-corrected chi connectivity index (χ1v) is 8.59. The van der Waals surface area contributed by atoms with E-state index in [9.17, 15) is 9.18 Å². The van der Waals surface area contributed by atoms with Gasteiger partial charge < -0.3 is 9.80 Å². The molecule has 0 saturated carbocycles. The fourth-order valence-electron chi connectivity index (χ4n) is 3.24. The predicted molar refractivity (Wildman–Crippen MR) is 97.3 cm³/mol. The topological polar surface area (TPSA) is 54.3 Å². The van der Waals surface area contributed by atoms with Gasteiger partial charge in [-0.1, -0.05) is 0 Å². The molecule has 26 heavy (non-hydrogen) atoms. The number of nitrogens with zero attached hydrogens (tertiary/aromatic N) is 5. The van der Waals surface area contributed by atoms with Gasteiger partial charge in [0.2, 0.25) is 0 Å². The fraction of sp³-hybridized carbons (Fsp3) is 0.316. The quantitative estimate of drug-likeness (QED) is 0.709. The molecule has 6 nitrogen and oxygen atoms in total. The maximum atomic E-state index is 13.3. The summed E-state index contributed by atoms with van der Waals surface area (Å²) in [5, 5.41) is 5.00. The zero-order valence-electron chi connectivity index (χ0n) is 14.8. The number of amides is 1. The summed E-state index contributed by atoms with van der Waals surface area (Å²) in [6.45, 7) is 3.12. The van der Waals surface area contributed by atoms with Crippen molar-refractivity contribution in [1.82, 2.24) is 24.6 Å². The first kappa shape index (κ1) is 16.7. The van der Waals surface area contributed by atoms with E-state index >= 15 is 0 Å². The van der Waals surface area contributed by atoms with Gasteiger partial charge in [-0.3, -0.25) is 9.48 Å². The molecule has 4 rings (SSSR count). The van der Waals surface area contributed by atoms with E-state index in [1.165, 1.54) is 12.1 Å². The van der Waals surface area contributed by atoms with Gasteiger partial charge in [0.05, 0.1) is 22.8 Å². The Morgan fingerprint density at radius 3 is 2.46 bits per heavy atom. The van der Waals surface area contributed by atoms with E-state index in [0.717, 1.165) is 24.0 Å². The molecule has 1 fully saturated rings. The standard InChI is InChI=1S/C19H20FN5O/c1-23-7-9-25(10-8-23)19(26)15-11-17(13-3-5-14(20)6-4-13)22-18-16(15)12-21-24(18)2/h3-6,11-12H,7-10H2,1-2H3. The van der Waals surface area contributed by atoms with Gasteiger partial charge in [0.1, 0.15) is 5.82 Å². The van der Waals surface area contributed by atoms with Crippen LogP contribution in [-0.4, -0.2) is 63.7 Å². The number of fused-ring (bicyclic) bond motifs is 1. The van der Waals surface area contributed by atoms with Crippen molar-refractivity contribution < 1.29 is 9.18 Å². The number of pyridine rings is 1. The van der Waals surface area contributed by atoms with Crippen LogP contribution in [0.2, 0.25) is 0 Å². The van der Waals surface area contributed by atoms with Crippen molar-refractivity contribution in [2.45, 2.75) is 0 Å². The second kappa shape index (κ2) is 6.49. The minimum atomic E-state index is -0.302. The highest BCUT2D eigenvalue weighted by Crippen LogP contribution is 2.26. The average molecular weight is 353 g/mol. The van der Waals surface area contributed by atoms with Crippen LogP contribution in [0, 0.1) is 5.82 Å². The van der Waals surface area contributed by atoms with E-state index in [0.29, 0.717) is 30.0 Å². The summed E-state index contributed by atoms with van der Waals surface area (Å²) in [4.78, 5) is 21.9. The van der Waals surface area contributed by atoms with Crippen molar-refractivity contribution in [2.24, 2.45) is 7.05 Å². The molecule has 0 unspecified atom stereocenters. The number of aryl methyl sites for hydroxylation is 1. The lowest BCUT2D eigenvalue weighted by molar-refractivity contribution is 0.0666. The second-order valence-electron chi connectivity index (χ2n) is 6.66. The SMILES string of the molecule is CN1CCN(C(=O)c2cc(-c3ccc(F)cc3)nc3c2cnn3C)CC1. The smallest absolute Gasteiger partial charge is 0.254 e. The molecule has 1 aliphatic heterocycles. The lowest BCUT2D eigenvalue weighted by atomic mass is 10.1. The van der Waals surface area contributed by atoms with E-state index in [-0.39, 0.29) is 11.7 Å². The minimum absolute atomic E-state index is 0.0122. The molecule has 0 aliphatic carbocycles. The van der Waals surface area contributed by atoms with Gasteiger partial charge in [0, 0.05) is 38.8 Å². The van der Waals surface area contributed by atoms with Gasteiger partial charge in [-0.15, -0.1) is 0 Å². The molecule has 3 heterocycles. The Hall–Kier alpha value is -2.80. The third-order valence-electron chi connectivity index (χ3n) is 4.87. The normalized spacial score (nSPS) is 15.6. The monoisotopic (exact) mass is 353 g/mol. The van der Waals surface area contributed by atoms with Crippen LogP contribution >= 0.6 is 0 Å². The van der Waals surface area contributed by atoms with Gasteiger partial charge in [-0.05, 0) is 37.4 Å². The van der Waals surface area contributed by atoms with Crippen LogP contribution in [-0.2, 0) is 7.05 Å². The molecule has 0 bridgehead atoms. The van der Waals surface area contributed by atoms with Gasteiger partial charge in [0.15, 0.2) is 5.65 Å². The summed E-state index contributed by atoms with van der Waals surface area (Å²) in [6.07, 6.45) is 1.68. The lowest BCUT2D eigenvalue weighted by Gasteiger charge is -2.32. The number of carbonyl (C=O) groups excluding carboxylic acids is 1. The van der Waals surface area contributed by atoms with Gasteiger partial charge in [-0.25, -0.2) is 9.37 Å². The molecule has 0 spiro atoms. The molecule has 0 N–H and O–H groups in total. The Morgan fingerprint density at radius 2 is 1.77 bits per heavy atom. The average Bonchev–Trinajstić information content (AvgIpc) is 3.03. The van der Waals surface area contributed by atoms with Crippen molar-refractivity contribution in [2.75, 3.05) is 33.2 Å². The summed E-state index contributed by atoms with van der Waals surface area (Å²) in [7, 11) is 3.86. The number of carbonyl (C=O) groups is 1. The number of likely N-dealkylation sites (N-methyl/N-ethyl adjacent to an activating group) is 1. The molecular weight excluding hydrogens is 333 g/mol. The first-order chi connectivity index (χ1) is 12.5. The van der Waals surface area contributed by atoms with Crippen molar-refractivity contribution in [3.05, 3.63) is 47.9 Å². The Balaban J connectivity index is 1.80. The summed E-state index contributed by atoms with van der Waals surface area (Å²) >= 11 is 0. The molecule has 1 aromatic carbocycles. The van der Waals surface area contributed by atoms with Crippen LogP contribution in [0.4, 0.5) is 4.39 Å². The molecule has 3 aromatic rings. The second-order valence-corrected chi connectivity index (χ2v) is 6.66. The highest BCUT2D eigenvalue weighted by Gasteiger charge is 2.24. The molecule has 1 saturated heterocycles. The molecule has 1 amide bonds. The lowest BCUT2D eigenvalue weighted by Crippen LogP contribution is -2.47. The van der Waals surface area contributed by atoms with E-state index < -0.39 is 0 Å². The predicted octanol–water partition coefficient (Wildman–Crippen LogP) is 2.16. The highest BCUT2D eigenvalue weighted by atomic mass is 19.1. The number of aromatic nitrogens is 3. The van der Waals surface area contributed by atoms with E-state index in [1.807, 2.05) is 4.90 Å². The van der Waals surface area contributed by atoms with Gasteiger partial charge in [0.25, 0.3) is 5.91 Å². The molecule has 1 aliphatic rings. The maximum Gasteiger partial charge on any atom is 0.254 e. The van der Waals surface area contributed by atoms with Crippen LogP contribution < -0.4 is 0 Å². The van der Waals surface area contributed by atoms with Crippen molar-refractivity contribution in [3.8, 4) is 11.3 Å². The van der Waals surface area contributed by atoms with E-state index in [2.05, 4.69) is 22.0 Å². The van der Waals surface area contributed by atoms with Crippen LogP contribution in [0.5, 0.6) is 0 Å². The van der Waals surface area contributed by atoms with E-state index in [1.54, 1.807) is 36.1 Å². The van der Waals surface area contributed by atoms with Crippen LogP contribution in [0.15, 0.2) is 36.5 Å². The Bertz CT molecular complexity index is 958. The van der Waals surface area contributed by atoms with Crippen LogP contribution in [0.3, 0.4) is 0 Å². The van der Waals surface area contributed by atoms with Crippen LogP contribution in [0.1, 0.15) is 10.4 Å². The third-order valence-corrected chi connectivity index (χ3v) is 4.87. The zero-order valence-corrected chi connectivity index (χ0v) is 14.8. The van der Waals surface area contributed by atoms with E-state index in [4.69, 9.17) is 0 Å². The third kappa shape index (κ3) is 2.94. The summed E-state index contributed by atoms with van der Waals surface area (Å²) in [6, 6.07) is 7.92. The number of hydrogen-bond donors (Lipinski definition) is 0. The number of benzene rings is 1. The number of rotatable bonds is 2. The van der Waals surface area contributed by atoms with Gasteiger partial charge >= 0.3 is 0 Å². The summed E-state index contributed by atoms with van der Waals surface area (Å²) < 4.78 is 14.9. The van der Waals surface area contributed by atoms with Crippen molar-refractivity contribution in [3.63, 3.8) is 0 Å². The number of piperazine rings is 1. The Kier molecular flexibility index (Phi) is 4.16. The zero-order chi connectivity index (χ0) is 18.3. The first-order valence-electron chi connectivity index (χ1n) is 8.59. The number of halogens is 1. The molecule has 7 heteroatoms. The van der Waals surface area contributed by atoms with Crippen LogP contribution in [0.25, 0.3) is 22.3 Å². The Morgan fingerprint density at radius 1 is 1.08 bits per heavy atom. The highest BCUT2D eigenvalue weighted by molar-refractivity contribution is 6.06. The summed E-state index contributed by atoms with van der Waals surface area (Å²) in [5.74, 6) is -0.314. The molecule has 0 atom stereocenters.